The molecule has 0 saturated carbocycles. The van der Waals surface area contributed by atoms with E-state index in [1.54, 1.807) is 6.08 Å². The first kappa shape index (κ1) is 12.3. The molecule has 1 aliphatic heterocycles. The average molecular weight is 255 g/mol. The van der Waals surface area contributed by atoms with Crippen molar-refractivity contribution in [3.05, 3.63) is 42.2 Å². The summed E-state index contributed by atoms with van der Waals surface area (Å²) in [5.41, 5.74) is -0.300. The number of rotatable bonds is 2. The van der Waals surface area contributed by atoms with Crippen LogP contribution >= 0.6 is 0 Å². The zero-order valence-electron chi connectivity index (χ0n) is 9.35. The lowest BCUT2D eigenvalue weighted by Crippen LogP contribution is -2.43. The van der Waals surface area contributed by atoms with Gasteiger partial charge in [-0.2, -0.15) is 0 Å². The molecule has 6 heteroatoms. The molecule has 96 valence electrons. The van der Waals surface area contributed by atoms with Crippen LogP contribution in [0.5, 0.6) is 0 Å². The quantitative estimate of drug-likeness (QED) is 0.884. The predicted octanol–water partition coefficient (Wildman–Crippen LogP) is 2.75. The van der Waals surface area contributed by atoms with Crippen LogP contribution in [0.4, 0.5) is 19.3 Å². The van der Waals surface area contributed by atoms with Gasteiger partial charge in [0, 0.05) is 6.07 Å². The Hall–Kier alpha value is -2.11. The van der Waals surface area contributed by atoms with Crippen LogP contribution < -0.4 is 4.90 Å². The fourth-order valence-corrected chi connectivity index (χ4v) is 1.82. The highest BCUT2D eigenvalue weighted by Crippen LogP contribution is 2.25. The Kier molecular flexibility index (Phi) is 3.45. The molecule has 1 N–H and O–H groups in total. The van der Waals surface area contributed by atoms with Crippen LogP contribution in [0.25, 0.3) is 0 Å². The Labute approximate surface area is 102 Å². The summed E-state index contributed by atoms with van der Waals surface area (Å²) < 4.78 is 31.7. The fourth-order valence-electron chi connectivity index (χ4n) is 1.82. The van der Waals surface area contributed by atoms with E-state index < -0.39 is 23.8 Å². The Balaban J connectivity index is 2.37. The zero-order chi connectivity index (χ0) is 13.1. The summed E-state index contributed by atoms with van der Waals surface area (Å²) in [5, 5.41) is 9.15. The van der Waals surface area contributed by atoms with E-state index in [-0.39, 0.29) is 12.3 Å². The number of hydrogen-bond donors (Lipinski definition) is 1. The number of carbonyl (C=O) groups is 1. The van der Waals surface area contributed by atoms with Gasteiger partial charge in [-0.1, -0.05) is 0 Å². The summed E-state index contributed by atoms with van der Waals surface area (Å²) in [6.45, 7) is 0.110. The predicted molar refractivity (Wildman–Crippen MR) is 60.4 cm³/mol. The third-order valence-corrected chi connectivity index (χ3v) is 2.63. The number of hydrogen-bond acceptors (Lipinski definition) is 2. The standard InChI is InChI=1S/C12H11F2NO3/c13-8-3-4-10(14)11(6-8)15(12(16)17)9-2-1-5-18-7-9/h1,3-6,9H,2,7H2,(H,16,17)/t9-/m0/s1. The lowest BCUT2D eigenvalue weighted by Gasteiger charge is -2.30. The Bertz CT molecular complexity index is 490. The molecule has 0 aromatic heterocycles. The number of halogens is 2. The van der Waals surface area contributed by atoms with Crippen LogP contribution in [0, 0.1) is 11.6 Å². The van der Waals surface area contributed by atoms with Crippen molar-refractivity contribution in [3.8, 4) is 0 Å². The maximum absolute atomic E-state index is 13.6. The molecule has 0 radical (unpaired) electrons. The molecule has 1 heterocycles. The molecule has 0 saturated heterocycles. The van der Waals surface area contributed by atoms with Gasteiger partial charge < -0.3 is 9.84 Å². The summed E-state index contributed by atoms with van der Waals surface area (Å²) in [6, 6.07) is 2.14. The fraction of sp³-hybridized carbons (Fsp3) is 0.250. The summed E-state index contributed by atoms with van der Waals surface area (Å²) in [5.74, 6) is -1.47. The van der Waals surface area contributed by atoms with Crippen molar-refractivity contribution in [2.45, 2.75) is 12.5 Å². The molecular formula is C12H11F2NO3. The van der Waals surface area contributed by atoms with E-state index in [4.69, 9.17) is 9.84 Å². The smallest absolute Gasteiger partial charge is 0.412 e. The zero-order valence-corrected chi connectivity index (χ0v) is 9.35. The highest BCUT2D eigenvalue weighted by molar-refractivity contribution is 5.87. The van der Waals surface area contributed by atoms with Crippen LogP contribution in [0.3, 0.4) is 0 Å². The van der Waals surface area contributed by atoms with Crippen LogP contribution in [0.15, 0.2) is 30.5 Å². The Morgan fingerprint density at radius 3 is 2.83 bits per heavy atom. The van der Waals surface area contributed by atoms with E-state index in [0.29, 0.717) is 6.42 Å². The van der Waals surface area contributed by atoms with E-state index in [0.717, 1.165) is 23.1 Å². The number of benzene rings is 1. The van der Waals surface area contributed by atoms with Gasteiger partial charge in [0.1, 0.15) is 18.2 Å². The van der Waals surface area contributed by atoms with E-state index in [1.165, 1.54) is 6.26 Å². The highest BCUT2D eigenvalue weighted by Gasteiger charge is 2.28. The first-order valence-electron chi connectivity index (χ1n) is 5.33. The van der Waals surface area contributed by atoms with E-state index in [1.807, 2.05) is 0 Å². The third-order valence-electron chi connectivity index (χ3n) is 2.63. The topological polar surface area (TPSA) is 49.8 Å². The summed E-state index contributed by atoms with van der Waals surface area (Å²) in [4.78, 5) is 12.0. The van der Waals surface area contributed by atoms with Gasteiger partial charge in [0.15, 0.2) is 0 Å². The molecule has 1 aromatic carbocycles. The first-order chi connectivity index (χ1) is 8.59. The maximum Gasteiger partial charge on any atom is 0.412 e. The van der Waals surface area contributed by atoms with Gasteiger partial charge in [0.25, 0.3) is 0 Å². The summed E-state index contributed by atoms with van der Waals surface area (Å²) in [6.07, 6.45) is 2.14. The van der Waals surface area contributed by atoms with Crippen molar-refractivity contribution < 1.29 is 23.4 Å². The SMILES string of the molecule is O=C(O)N(c1cc(F)ccc1F)[C@H]1CC=COC1. The van der Waals surface area contributed by atoms with Gasteiger partial charge in [0.05, 0.1) is 18.0 Å². The van der Waals surface area contributed by atoms with Crippen LogP contribution in [-0.4, -0.2) is 23.8 Å². The molecule has 0 unspecified atom stereocenters. The van der Waals surface area contributed by atoms with Crippen molar-refractivity contribution >= 4 is 11.8 Å². The van der Waals surface area contributed by atoms with E-state index in [9.17, 15) is 13.6 Å². The molecule has 4 nitrogen and oxygen atoms in total. The van der Waals surface area contributed by atoms with E-state index >= 15 is 0 Å². The largest absolute Gasteiger partial charge is 0.499 e. The minimum absolute atomic E-state index is 0.110. The highest BCUT2D eigenvalue weighted by atomic mass is 19.1. The van der Waals surface area contributed by atoms with Crippen LogP contribution in [0.1, 0.15) is 6.42 Å². The van der Waals surface area contributed by atoms with Crippen molar-refractivity contribution in [2.75, 3.05) is 11.5 Å². The number of anilines is 1. The molecular weight excluding hydrogens is 244 g/mol. The molecule has 0 spiro atoms. The lowest BCUT2D eigenvalue weighted by atomic mass is 10.1. The molecule has 1 atom stereocenters. The number of amides is 1. The summed E-state index contributed by atoms with van der Waals surface area (Å²) in [7, 11) is 0. The van der Waals surface area contributed by atoms with Crippen LogP contribution in [-0.2, 0) is 4.74 Å². The molecule has 0 aliphatic carbocycles. The molecule has 18 heavy (non-hydrogen) atoms. The van der Waals surface area contributed by atoms with Crippen LogP contribution in [0.2, 0.25) is 0 Å². The van der Waals surface area contributed by atoms with Gasteiger partial charge in [-0.15, -0.1) is 0 Å². The van der Waals surface area contributed by atoms with Gasteiger partial charge in [-0.25, -0.2) is 13.6 Å². The minimum atomic E-state index is -1.34. The van der Waals surface area contributed by atoms with Gasteiger partial charge in [-0.3, -0.25) is 4.90 Å². The number of nitrogens with zero attached hydrogens (tertiary/aromatic N) is 1. The molecule has 2 rings (SSSR count). The Morgan fingerprint density at radius 1 is 1.44 bits per heavy atom. The van der Waals surface area contributed by atoms with E-state index in [2.05, 4.69) is 0 Å². The second-order valence-corrected chi connectivity index (χ2v) is 3.84. The van der Waals surface area contributed by atoms with Gasteiger partial charge in [0.2, 0.25) is 0 Å². The normalized spacial score (nSPS) is 18.2. The van der Waals surface area contributed by atoms with Gasteiger partial charge >= 0.3 is 6.09 Å². The molecule has 1 aromatic rings. The van der Waals surface area contributed by atoms with Crippen molar-refractivity contribution in [1.29, 1.82) is 0 Å². The van der Waals surface area contributed by atoms with Crippen molar-refractivity contribution in [2.24, 2.45) is 0 Å². The lowest BCUT2D eigenvalue weighted by molar-refractivity contribution is 0.178. The van der Waals surface area contributed by atoms with Gasteiger partial charge in [-0.05, 0) is 24.6 Å². The second kappa shape index (κ2) is 5.03. The number of carboxylic acid groups (broad SMARTS) is 1. The van der Waals surface area contributed by atoms with Crippen molar-refractivity contribution in [3.63, 3.8) is 0 Å². The summed E-state index contributed by atoms with van der Waals surface area (Å²) >= 11 is 0. The monoisotopic (exact) mass is 255 g/mol. The molecule has 0 bridgehead atoms. The molecule has 1 aliphatic rings. The molecule has 1 amide bonds. The Morgan fingerprint density at radius 2 is 2.22 bits per heavy atom. The van der Waals surface area contributed by atoms with Crippen molar-refractivity contribution in [1.82, 2.24) is 0 Å². The minimum Gasteiger partial charge on any atom is -0.499 e. The third kappa shape index (κ3) is 2.42. The molecule has 0 fully saturated rings. The first-order valence-corrected chi connectivity index (χ1v) is 5.33. The maximum atomic E-state index is 13.6. The average Bonchev–Trinajstić information content (AvgIpc) is 2.35. The second-order valence-electron chi connectivity index (χ2n) is 3.84. The number of ether oxygens (including phenoxy) is 1.